The van der Waals surface area contributed by atoms with Crippen LogP contribution in [0.3, 0.4) is 0 Å². The van der Waals surface area contributed by atoms with Crippen LogP contribution < -0.4 is 10.1 Å². The molecule has 2 amide bonds. The highest BCUT2D eigenvalue weighted by Gasteiger charge is 2.31. The lowest BCUT2D eigenvalue weighted by Gasteiger charge is -2.35. The first-order valence-electron chi connectivity index (χ1n) is 9.15. The third kappa shape index (κ3) is 4.97. The molecule has 1 aliphatic rings. The first kappa shape index (κ1) is 19.3. The average Bonchev–Trinajstić information content (AvgIpc) is 2.65. The van der Waals surface area contributed by atoms with Crippen LogP contribution in [0.2, 0.25) is 0 Å². The summed E-state index contributed by atoms with van der Waals surface area (Å²) < 4.78 is 5.11. The van der Waals surface area contributed by atoms with Gasteiger partial charge in [0.25, 0.3) is 5.91 Å². The Bertz CT molecular complexity index is 577. The van der Waals surface area contributed by atoms with Crippen molar-refractivity contribution in [2.24, 2.45) is 5.92 Å². The molecule has 0 aliphatic heterocycles. The zero-order chi connectivity index (χ0) is 18.4. The van der Waals surface area contributed by atoms with E-state index in [-0.39, 0.29) is 17.7 Å². The third-order valence-electron chi connectivity index (χ3n) is 5.04. The Labute approximate surface area is 150 Å². The topological polar surface area (TPSA) is 58.6 Å². The number of nitrogens with zero attached hydrogens (tertiary/aromatic N) is 1. The van der Waals surface area contributed by atoms with Gasteiger partial charge in [-0.3, -0.25) is 9.59 Å². The van der Waals surface area contributed by atoms with Crippen LogP contribution >= 0.6 is 0 Å². The summed E-state index contributed by atoms with van der Waals surface area (Å²) in [6.07, 6.45) is 5.71. The maximum atomic E-state index is 12.9. The molecule has 1 saturated carbocycles. The Morgan fingerprint density at radius 3 is 2.24 bits per heavy atom. The van der Waals surface area contributed by atoms with Crippen molar-refractivity contribution >= 4 is 11.8 Å². The van der Waals surface area contributed by atoms with E-state index in [4.69, 9.17) is 4.74 Å². The summed E-state index contributed by atoms with van der Waals surface area (Å²) in [7, 11) is 3.46. The van der Waals surface area contributed by atoms with E-state index in [9.17, 15) is 9.59 Å². The van der Waals surface area contributed by atoms with Crippen molar-refractivity contribution < 1.29 is 14.3 Å². The number of hydrogen-bond acceptors (Lipinski definition) is 3. The van der Waals surface area contributed by atoms with Crippen molar-refractivity contribution in [3.05, 3.63) is 29.8 Å². The Hall–Kier alpha value is -2.04. The lowest BCUT2D eigenvalue weighted by Crippen LogP contribution is -2.53. The number of carbonyl (C=O) groups is 2. The second-order valence-electron chi connectivity index (χ2n) is 7.16. The van der Waals surface area contributed by atoms with Crippen LogP contribution in [0.4, 0.5) is 0 Å². The molecule has 1 atom stereocenters. The molecule has 0 spiro atoms. The summed E-state index contributed by atoms with van der Waals surface area (Å²) >= 11 is 0. The summed E-state index contributed by atoms with van der Waals surface area (Å²) in [5.74, 6) is 0.501. The normalized spacial score (nSPS) is 16.4. The maximum absolute atomic E-state index is 12.9. The molecule has 1 fully saturated rings. The van der Waals surface area contributed by atoms with Gasteiger partial charge in [-0.15, -0.1) is 0 Å². The Morgan fingerprint density at radius 1 is 1.12 bits per heavy atom. The van der Waals surface area contributed by atoms with Gasteiger partial charge in [0, 0.05) is 18.7 Å². The van der Waals surface area contributed by atoms with Crippen molar-refractivity contribution in [2.45, 2.75) is 58.0 Å². The van der Waals surface area contributed by atoms with Gasteiger partial charge in [-0.05, 0) is 43.0 Å². The quantitative estimate of drug-likeness (QED) is 0.860. The molecule has 1 unspecified atom stereocenters. The Morgan fingerprint density at radius 2 is 1.72 bits per heavy atom. The number of hydrogen-bond donors (Lipinski definition) is 1. The van der Waals surface area contributed by atoms with Gasteiger partial charge in [-0.25, -0.2) is 0 Å². The van der Waals surface area contributed by atoms with Gasteiger partial charge in [0.1, 0.15) is 11.8 Å². The van der Waals surface area contributed by atoms with E-state index in [0.717, 1.165) is 12.8 Å². The number of benzene rings is 1. The second-order valence-corrected chi connectivity index (χ2v) is 7.16. The van der Waals surface area contributed by atoms with Crippen LogP contribution in [0.15, 0.2) is 24.3 Å². The highest BCUT2D eigenvalue weighted by molar-refractivity contribution is 5.97. The molecule has 1 N–H and O–H groups in total. The molecular weight excluding hydrogens is 316 g/mol. The SMILES string of the molecule is COc1ccc(C(=O)NC(C(=O)N(C)C2CCCCC2)C(C)C)cc1. The minimum Gasteiger partial charge on any atom is -0.497 e. The molecule has 1 aliphatic carbocycles. The van der Waals surface area contributed by atoms with Gasteiger partial charge in [0.2, 0.25) is 5.91 Å². The average molecular weight is 346 g/mol. The zero-order valence-corrected chi connectivity index (χ0v) is 15.7. The van der Waals surface area contributed by atoms with E-state index < -0.39 is 6.04 Å². The smallest absolute Gasteiger partial charge is 0.251 e. The fraction of sp³-hybridized carbons (Fsp3) is 0.600. The molecule has 0 radical (unpaired) electrons. The second kappa shape index (κ2) is 8.88. The van der Waals surface area contributed by atoms with E-state index in [1.165, 1.54) is 19.3 Å². The predicted octanol–water partition coefficient (Wildman–Crippen LogP) is 3.24. The minimum atomic E-state index is -0.512. The zero-order valence-electron chi connectivity index (χ0n) is 15.7. The van der Waals surface area contributed by atoms with Gasteiger partial charge >= 0.3 is 0 Å². The van der Waals surface area contributed by atoms with Crippen LogP contribution in [0.5, 0.6) is 5.75 Å². The number of rotatable bonds is 6. The summed E-state index contributed by atoms with van der Waals surface area (Å²) in [5, 5.41) is 2.92. The van der Waals surface area contributed by atoms with E-state index in [1.807, 2.05) is 25.8 Å². The molecule has 25 heavy (non-hydrogen) atoms. The van der Waals surface area contributed by atoms with Crippen molar-refractivity contribution in [3.8, 4) is 5.75 Å². The maximum Gasteiger partial charge on any atom is 0.251 e. The van der Waals surface area contributed by atoms with Gasteiger partial charge in [0.05, 0.1) is 7.11 Å². The molecule has 1 aromatic rings. The van der Waals surface area contributed by atoms with Crippen LogP contribution in [-0.4, -0.2) is 43.0 Å². The van der Waals surface area contributed by atoms with Crippen molar-refractivity contribution in [2.75, 3.05) is 14.2 Å². The number of methoxy groups -OCH3 is 1. The summed E-state index contributed by atoms with van der Waals surface area (Å²) in [6.45, 7) is 3.93. The Balaban J connectivity index is 2.05. The molecular formula is C20H30N2O3. The standard InChI is InChI=1S/C20H30N2O3/c1-14(2)18(20(24)22(3)16-8-6-5-7-9-16)21-19(23)15-10-12-17(25-4)13-11-15/h10-14,16,18H,5-9H2,1-4H3,(H,21,23). The first-order valence-corrected chi connectivity index (χ1v) is 9.15. The van der Waals surface area contributed by atoms with E-state index in [2.05, 4.69) is 5.32 Å². The van der Waals surface area contributed by atoms with E-state index in [0.29, 0.717) is 17.4 Å². The molecule has 5 nitrogen and oxygen atoms in total. The third-order valence-corrected chi connectivity index (χ3v) is 5.04. The van der Waals surface area contributed by atoms with Crippen molar-refractivity contribution in [1.29, 1.82) is 0 Å². The van der Waals surface area contributed by atoms with Gasteiger partial charge in [-0.1, -0.05) is 33.1 Å². The molecule has 0 bridgehead atoms. The number of nitrogens with one attached hydrogen (secondary N) is 1. The van der Waals surface area contributed by atoms with Crippen LogP contribution in [0.25, 0.3) is 0 Å². The minimum absolute atomic E-state index is 0.00348. The van der Waals surface area contributed by atoms with E-state index in [1.54, 1.807) is 31.4 Å². The summed E-state index contributed by atoms with van der Waals surface area (Å²) in [6, 6.07) is 6.69. The predicted molar refractivity (Wildman–Crippen MR) is 98.7 cm³/mol. The molecule has 0 heterocycles. The van der Waals surface area contributed by atoms with Crippen LogP contribution in [0.1, 0.15) is 56.3 Å². The molecule has 0 saturated heterocycles. The van der Waals surface area contributed by atoms with Crippen molar-refractivity contribution in [3.63, 3.8) is 0 Å². The summed E-state index contributed by atoms with van der Waals surface area (Å²) in [5.41, 5.74) is 0.527. The summed E-state index contributed by atoms with van der Waals surface area (Å²) in [4.78, 5) is 27.3. The number of amides is 2. The number of carbonyl (C=O) groups excluding carboxylic acids is 2. The molecule has 5 heteroatoms. The molecule has 0 aromatic heterocycles. The monoisotopic (exact) mass is 346 g/mol. The first-order chi connectivity index (χ1) is 11.9. The molecule has 2 rings (SSSR count). The largest absolute Gasteiger partial charge is 0.497 e. The number of likely N-dealkylation sites (N-methyl/N-ethyl adjacent to an activating group) is 1. The van der Waals surface area contributed by atoms with Crippen molar-refractivity contribution in [1.82, 2.24) is 10.2 Å². The molecule has 1 aromatic carbocycles. The highest BCUT2D eigenvalue weighted by Crippen LogP contribution is 2.23. The Kier molecular flexibility index (Phi) is 6.85. The van der Waals surface area contributed by atoms with Gasteiger partial charge < -0.3 is 15.0 Å². The lowest BCUT2D eigenvalue weighted by molar-refractivity contribution is -0.135. The van der Waals surface area contributed by atoms with Crippen LogP contribution in [-0.2, 0) is 4.79 Å². The van der Waals surface area contributed by atoms with Crippen LogP contribution in [0, 0.1) is 5.92 Å². The highest BCUT2D eigenvalue weighted by atomic mass is 16.5. The molecule has 138 valence electrons. The fourth-order valence-corrected chi connectivity index (χ4v) is 3.35. The number of ether oxygens (including phenoxy) is 1. The lowest BCUT2D eigenvalue weighted by atomic mass is 9.93. The van der Waals surface area contributed by atoms with Gasteiger partial charge in [-0.2, -0.15) is 0 Å². The van der Waals surface area contributed by atoms with E-state index >= 15 is 0 Å². The van der Waals surface area contributed by atoms with Gasteiger partial charge in [0.15, 0.2) is 0 Å². The fourth-order valence-electron chi connectivity index (χ4n) is 3.35.